The van der Waals surface area contributed by atoms with E-state index in [1.165, 1.54) is 5.56 Å². The standard InChI is InChI=1S/C15H20N2O/c18-14-9-6-10-15(13-7-2-1-3-8-13)16-11-4-5-12-17(14)15/h1-3,7-8,16H,4-6,9-12H2/t15-/m0/s1. The maximum atomic E-state index is 12.2. The minimum absolute atomic E-state index is 0.243. The zero-order chi connectivity index (χ0) is 12.4. The fraction of sp³-hybridized carbons (Fsp3) is 0.533. The molecule has 3 rings (SSSR count). The lowest BCUT2D eigenvalue weighted by molar-refractivity contribution is -0.144. The molecule has 0 radical (unpaired) electrons. The highest BCUT2D eigenvalue weighted by Crippen LogP contribution is 2.37. The summed E-state index contributed by atoms with van der Waals surface area (Å²) in [7, 11) is 0. The number of nitrogens with one attached hydrogen (secondary N) is 1. The molecule has 3 nitrogen and oxygen atoms in total. The van der Waals surface area contributed by atoms with Crippen LogP contribution in [0.3, 0.4) is 0 Å². The molecular weight excluding hydrogens is 224 g/mol. The Kier molecular flexibility index (Phi) is 3.08. The Labute approximate surface area is 108 Å². The highest BCUT2D eigenvalue weighted by atomic mass is 16.2. The summed E-state index contributed by atoms with van der Waals surface area (Å²) in [6.07, 6.45) is 4.97. The van der Waals surface area contributed by atoms with Crippen molar-refractivity contribution in [3.8, 4) is 0 Å². The van der Waals surface area contributed by atoms with Crippen LogP contribution in [-0.2, 0) is 10.5 Å². The summed E-state index contributed by atoms with van der Waals surface area (Å²) in [5.41, 5.74) is 0.993. The van der Waals surface area contributed by atoms with Gasteiger partial charge >= 0.3 is 0 Å². The third kappa shape index (κ3) is 1.83. The summed E-state index contributed by atoms with van der Waals surface area (Å²) < 4.78 is 0. The van der Waals surface area contributed by atoms with Crippen molar-refractivity contribution < 1.29 is 4.79 Å². The number of amides is 1. The number of carbonyl (C=O) groups is 1. The number of nitrogens with zero attached hydrogens (tertiary/aromatic N) is 1. The first-order valence-corrected chi connectivity index (χ1v) is 6.94. The Morgan fingerprint density at radius 2 is 1.94 bits per heavy atom. The van der Waals surface area contributed by atoms with Crippen LogP contribution in [0.2, 0.25) is 0 Å². The molecule has 96 valence electrons. The van der Waals surface area contributed by atoms with Gasteiger partial charge in [-0.25, -0.2) is 0 Å². The maximum absolute atomic E-state index is 12.2. The molecule has 2 fully saturated rings. The zero-order valence-corrected chi connectivity index (χ0v) is 10.7. The Morgan fingerprint density at radius 3 is 2.78 bits per heavy atom. The Balaban J connectivity index is 2.04. The third-order valence-corrected chi connectivity index (χ3v) is 4.17. The van der Waals surface area contributed by atoms with Gasteiger partial charge in [0, 0.05) is 13.0 Å². The van der Waals surface area contributed by atoms with Crippen LogP contribution in [0.1, 0.15) is 37.7 Å². The van der Waals surface area contributed by atoms with E-state index in [2.05, 4.69) is 34.5 Å². The minimum atomic E-state index is -0.243. The summed E-state index contributed by atoms with van der Waals surface area (Å²) in [6, 6.07) is 10.4. The van der Waals surface area contributed by atoms with Crippen molar-refractivity contribution in [1.82, 2.24) is 10.2 Å². The fourth-order valence-electron chi connectivity index (χ4n) is 3.28. The van der Waals surface area contributed by atoms with E-state index >= 15 is 0 Å². The van der Waals surface area contributed by atoms with Gasteiger partial charge in [0.25, 0.3) is 0 Å². The van der Waals surface area contributed by atoms with Gasteiger partial charge in [0.2, 0.25) is 5.91 Å². The SMILES string of the molecule is O=C1CCC[C@]2(c3ccccc3)NCCCCN12. The molecule has 0 bridgehead atoms. The molecule has 1 amide bonds. The van der Waals surface area contributed by atoms with Gasteiger partial charge in [-0.05, 0) is 37.8 Å². The lowest BCUT2D eigenvalue weighted by atomic mass is 9.87. The van der Waals surface area contributed by atoms with Gasteiger partial charge in [0.05, 0.1) is 0 Å². The average molecular weight is 244 g/mol. The first-order chi connectivity index (χ1) is 8.83. The van der Waals surface area contributed by atoms with E-state index in [1.54, 1.807) is 0 Å². The number of hydrogen-bond acceptors (Lipinski definition) is 2. The van der Waals surface area contributed by atoms with E-state index in [0.717, 1.165) is 38.8 Å². The summed E-state index contributed by atoms with van der Waals surface area (Å²) in [5, 5.41) is 3.65. The topological polar surface area (TPSA) is 32.3 Å². The quantitative estimate of drug-likeness (QED) is 0.821. The molecule has 2 saturated heterocycles. The molecule has 2 aliphatic rings. The average Bonchev–Trinajstić information content (AvgIpc) is 2.64. The summed E-state index contributed by atoms with van der Waals surface area (Å²) in [6.45, 7) is 1.89. The van der Waals surface area contributed by atoms with Crippen molar-refractivity contribution in [2.75, 3.05) is 13.1 Å². The van der Waals surface area contributed by atoms with Gasteiger partial charge in [0.1, 0.15) is 5.66 Å². The highest BCUT2D eigenvalue weighted by molar-refractivity contribution is 5.78. The summed E-state index contributed by atoms with van der Waals surface area (Å²) >= 11 is 0. The molecule has 0 spiro atoms. The highest BCUT2D eigenvalue weighted by Gasteiger charge is 2.43. The lowest BCUT2D eigenvalue weighted by Crippen LogP contribution is -2.59. The van der Waals surface area contributed by atoms with Gasteiger partial charge in [-0.1, -0.05) is 30.3 Å². The van der Waals surface area contributed by atoms with Crippen LogP contribution >= 0.6 is 0 Å². The fourth-order valence-corrected chi connectivity index (χ4v) is 3.28. The molecule has 2 aliphatic heterocycles. The van der Waals surface area contributed by atoms with Crippen LogP contribution < -0.4 is 5.32 Å². The normalized spacial score (nSPS) is 28.7. The predicted molar refractivity (Wildman–Crippen MR) is 70.9 cm³/mol. The largest absolute Gasteiger partial charge is 0.320 e. The smallest absolute Gasteiger partial charge is 0.224 e. The van der Waals surface area contributed by atoms with Crippen molar-refractivity contribution >= 4 is 5.91 Å². The molecule has 1 aromatic carbocycles. The Bertz CT molecular complexity index is 431. The van der Waals surface area contributed by atoms with Crippen molar-refractivity contribution in [2.24, 2.45) is 0 Å². The van der Waals surface area contributed by atoms with E-state index in [4.69, 9.17) is 0 Å². The van der Waals surface area contributed by atoms with Crippen LogP contribution in [-0.4, -0.2) is 23.9 Å². The van der Waals surface area contributed by atoms with Gasteiger partial charge in [0.15, 0.2) is 0 Å². The van der Waals surface area contributed by atoms with E-state index in [9.17, 15) is 4.79 Å². The van der Waals surface area contributed by atoms with Gasteiger partial charge < -0.3 is 4.90 Å². The van der Waals surface area contributed by atoms with E-state index in [0.29, 0.717) is 12.3 Å². The molecule has 0 saturated carbocycles. The minimum Gasteiger partial charge on any atom is -0.320 e. The van der Waals surface area contributed by atoms with Crippen LogP contribution in [0.15, 0.2) is 30.3 Å². The number of fused-ring (bicyclic) bond motifs is 1. The second kappa shape index (κ2) is 4.73. The molecule has 1 aromatic rings. The van der Waals surface area contributed by atoms with Crippen molar-refractivity contribution in [3.05, 3.63) is 35.9 Å². The number of rotatable bonds is 1. The monoisotopic (exact) mass is 244 g/mol. The van der Waals surface area contributed by atoms with Gasteiger partial charge in [-0.15, -0.1) is 0 Å². The molecule has 18 heavy (non-hydrogen) atoms. The lowest BCUT2D eigenvalue weighted by Gasteiger charge is -2.47. The van der Waals surface area contributed by atoms with Crippen LogP contribution in [0.25, 0.3) is 0 Å². The number of carbonyl (C=O) groups excluding carboxylic acids is 1. The first-order valence-electron chi connectivity index (χ1n) is 6.94. The second-order valence-electron chi connectivity index (χ2n) is 5.26. The van der Waals surface area contributed by atoms with Gasteiger partial charge in [-0.2, -0.15) is 0 Å². The van der Waals surface area contributed by atoms with Crippen molar-refractivity contribution in [2.45, 2.75) is 37.8 Å². The second-order valence-corrected chi connectivity index (χ2v) is 5.26. The number of hydrogen-bond donors (Lipinski definition) is 1. The van der Waals surface area contributed by atoms with E-state index in [-0.39, 0.29) is 5.66 Å². The van der Waals surface area contributed by atoms with Crippen LogP contribution in [0, 0.1) is 0 Å². The molecular formula is C15H20N2O. The molecule has 0 unspecified atom stereocenters. The van der Waals surface area contributed by atoms with Crippen molar-refractivity contribution in [1.29, 1.82) is 0 Å². The molecule has 0 aliphatic carbocycles. The van der Waals surface area contributed by atoms with Crippen LogP contribution in [0.5, 0.6) is 0 Å². The van der Waals surface area contributed by atoms with Crippen molar-refractivity contribution in [3.63, 3.8) is 0 Å². The van der Waals surface area contributed by atoms with E-state index < -0.39 is 0 Å². The molecule has 0 aromatic heterocycles. The predicted octanol–water partition coefficient (Wildman–Crippen LogP) is 2.24. The summed E-state index contributed by atoms with van der Waals surface area (Å²) in [5.74, 6) is 0.305. The molecule has 1 N–H and O–H groups in total. The van der Waals surface area contributed by atoms with Gasteiger partial charge in [-0.3, -0.25) is 10.1 Å². The Morgan fingerprint density at radius 1 is 1.11 bits per heavy atom. The summed E-state index contributed by atoms with van der Waals surface area (Å²) in [4.78, 5) is 14.3. The Hall–Kier alpha value is -1.35. The number of benzene rings is 1. The maximum Gasteiger partial charge on any atom is 0.224 e. The third-order valence-electron chi connectivity index (χ3n) is 4.17. The molecule has 1 atom stereocenters. The first kappa shape index (κ1) is 11.7. The number of piperidine rings is 1. The molecule has 3 heteroatoms. The zero-order valence-electron chi connectivity index (χ0n) is 10.7. The van der Waals surface area contributed by atoms with Crippen LogP contribution in [0.4, 0.5) is 0 Å². The molecule has 2 heterocycles. The van der Waals surface area contributed by atoms with E-state index in [1.807, 2.05) is 6.07 Å².